The Morgan fingerprint density at radius 1 is 1.15 bits per heavy atom. The summed E-state index contributed by atoms with van der Waals surface area (Å²) >= 11 is 0. The quantitative estimate of drug-likeness (QED) is 0.520. The maximum atomic E-state index is 13.2. The minimum Gasteiger partial charge on any atom is -0.503 e. The summed E-state index contributed by atoms with van der Waals surface area (Å²) < 4.78 is 10.9. The van der Waals surface area contributed by atoms with Crippen molar-refractivity contribution in [2.75, 3.05) is 32.8 Å². The van der Waals surface area contributed by atoms with Crippen molar-refractivity contribution in [3.05, 3.63) is 71.4 Å². The number of carbonyl (C=O) groups is 2. The van der Waals surface area contributed by atoms with Gasteiger partial charge in [-0.05, 0) is 74.3 Å². The molecule has 0 saturated carbocycles. The SMILES string of the molecule is CCCOc1ccc(C2C(C(=O)/C=C/c3ccco3)=C(O)C(=O)N2CCN2CCCCC2)cc1. The van der Waals surface area contributed by atoms with Gasteiger partial charge >= 0.3 is 0 Å². The molecule has 0 bridgehead atoms. The van der Waals surface area contributed by atoms with Crippen LogP contribution in [0.4, 0.5) is 0 Å². The Kier molecular flexibility index (Phi) is 7.85. The number of hydrogen-bond acceptors (Lipinski definition) is 6. The maximum Gasteiger partial charge on any atom is 0.290 e. The number of ether oxygens (including phenoxy) is 1. The number of rotatable bonds is 10. The molecule has 1 atom stereocenters. The summed E-state index contributed by atoms with van der Waals surface area (Å²) in [6, 6.07) is 10.2. The molecule has 180 valence electrons. The fraction of sp³-hybridized carbons (Fsp3) is 0.407. The molecule has 2 aliphatic heterocycles. The number of hydrogen-bond donors (Lipinski definition) is 1. The number of piperidine rings is 1. The van der Waals surface area contributed by atoms with E-state index < -0.39 is 23.5 Å². The normalized spacial score (nSPS) is 19.4. The lowest BCUT2D eigenvalue weighted by atomic mass is 9.95. The zero-order valence-corrected chi connectivity index (χ0v) is 19.6. The third-order valence-electron chi connectivity index (χ3n) is 6.29. The molecule has 1 N–H and O–H groups in total. The summed E-state index contributed by atoms with van der Waals surface area (Å²) in [5, 5.41) is 10.8. The molecule has 2 aromatic rings. The van der Waals surface area contributed by atoms with E-state index in [0.717, 1.165) is 43.7 Å². The van der Waals surface area contributed by atoms with Gasteiger partial charge in [-0.15, -0.1) is 0 Å². The number of nitrogens with zero attached hydrogens (tertiary/aromatic N) is 2. The summed E-state index contributed by atoms with van der Waals surface area (Å²) in [5.41, 5.74) is 0.850. The summed E-state index contributed by atoms with van der Waals surface area (Å²) in [6.45, 7) is 5.81. The summed E-state index contributed by atoms with van der Waals surface area (Å²) in [4.78, 5) is 30.2. The Bertz CT molecular complexity index is 1030. The highest BCUT2D eigenvalue weighted by Gasteiger charge is 2.42. The van der Waals surface area contributed by atoms with Crippen molar-refractivity contribution in [2.24, 2.45) is 0 Å². The van der Waals surface area contributed by atoms with Gasteiger partial charge in [0, 0.05) is 13.1 Å². The third-order valence-corrected chi connectivity index (χ3v) is 6.29. The molecular weight excluding hydrogens is 432 g/mol. The van der Waals surface area contributed by atoms with E-state index in [9.17, 15) is 14.7 Å². The molecule has 7 nitrogen and oxygen atoms in total. The van der Waals surface area contributed by atoms with Crippen molar-refractivity contribution in [3.63, 3.8) is 0 Å². The first-order chi connectivity index (χ1) is 16.6. The predicted molar refractivity (Wildman–Crippen MR) is 129 cm³/mol. The second kappa shape index (κ2) is 11.2. The molecule has 1 aromatic heterocycles. The Hall–Kier alpha value is -3.32. The topological polar surface area (TPSA) is 83.2 Å². The molecule has 4 rings (SSSR count). The van der Waals surface area contributed by atoms with Gasteiger partial charge in [0.2, 0.25) is 0 Å². The van der Waals surface area contributed by atoms with Gasteiger partial charge in [0.1, 0.15) is 11.5 Å². The first-order valence-corrected chi connectivity index (χ1v) is 12.0. The van der Waals surface area contributed by atoms with E-state index in [-0.39, 0.29) is 5.57 Å². The van der Waals surface area contributed by atoms with E-state index in [1.165, 1.54) is 18.8 Å². The van der Waals surface area contributed by atoms with Gasteiger partial charge in [-0.1, -0.05) is 25.5 Å². The smallest absolute Gasteiger partial charge is 0.290 e. The fourth-order valence-electron chi connectivity index (χ4n) is 4.51. The van der Waals surface area contributed by atoms with Gasteiger partial charge in [-0.25, -0.2) is 0 Å². The second-order valence-electron chi connectivity index (χ2n) is 8.70. The lowest BCUT2D eigenvalue weighted by molar-refractivity contribution is -0.129. The van der Waals surface area contributed by atoms with Crippen molar-refractivity contribution < 1.29 is 23.8 Å². The van der Waals surface area contributed by atoms with Crippen molar-refractivity contribution in [1.82, 2.24) is 9.80 Å². The number of benzene rings is 1. The molecule has 34 heavy (non-hydrogen) atoms. The van der Waals surface area contributed by atoms with E-state index in [1.54, 1.807) is 23.1 Å². The number of ketones is 1. The van der Waals surface area contributed by atoms with Crippen LogP contribution in [-0.4, -0.2) is 59.4 Å². The van der Waals surface area contributed by atoms with E-state index in [4.69, 9.17) is 9.15 Å². The molecule has 1 amide bonds. The van der Waals surface area contributed by atoms with Crippen molar-refractivity contribution >= 4 is 17.8 Å². The number of amides is 1. The number of furan rings is 1. The standard InChI is InChI=1S/C27H32N2O5/c1-2-18-33-22-10-8-20(9-11-22)25-24(23(30)13-12-21-7-6-19-34-21)26(31)27(32)29(25)17-16-28-14-4-3-5-15-28/h6-13,19,25,31H,2-5,14-18H2,1H3/b13-12+. The van der Waals surface area contributed by atoms with Gasteiger partial charge in [0.25, 0.3) is 5.91 Å². The van der Waals surface area contributed by atoms with Crippen LogP contribution in [0.1, 0.15) is 50.0 Å². The average Bonchev–Trinajstić information content (AvgIpc) is 3.48. The number of likely N-dealkylation sites (tertiary alicyclic amines) is 1. The van der Waals surface area contributed by atoms with E-state index in [0.29, 0.717) is 25.5 Å². The highest BCUT2D eigenvalue weighted by atomic mass is 16.5. The number of aliphatic hydroxyl groups excluding tert-OH is 1. The molecule has 2 aliphatic rings. The monoisotopic (exact) mass is 464 g/mol. The third kappa shape index (κ3) is 5.42. The summed E-state index contributed by atoms with van der Waals surface area (Å²) in [7, 11) is 0. The van der Waals surface area contributed by atoms with Crippen LogP contribution in [0, 0.1) is 0 Å². The lowest BCUT2D eigenvalue weighted by Gasteiger charge is -2.31. The molecule has 0 aliphatic carbocycles. The highest BCUT2D eigenvalue weighted by Crippen LogP contribution is 2.38. The maximum absolute atomic E-state index is 13.2. The zero-order chi connectivity index (χ0) is 23.9. The van der Waals surface area contributed by atoms with Gasteiger partial charge in [-0.2, -0.15) is 0 Å². The first-order valence-electron chi connectivity index (χ1n) is 12.0. The van der Waals surface area contributed by atoms with E-state index >= 15 is 0 Å². The molecule has 1 saturated heterocycles. The summed E-state index contributed by atoms with van der Waals surface area (Å²) in [5.74, 6) is -0.159. The molecule has 1 fully saturated rings. The number of carbonyl (C=O) groups excluding carboxylic acids is 2. The van der Waals surface area contributed by atoms with Gasteiger partial charge in [0.05, 0.1) is 24.5 Å². The Morgan fingerprint density at radius 2 is 1.91 bits per heavy atom. The Labute approximate surface area is 200 Å². The second-order valence-corrected chi connectivity index (χ2v) is 8.70. The van der Waals surface area contributed by atoms with Crippen molar-refractivity contribution in [3.8, 4) is 5.75 Å². The van der Waals surface area contributed by atoms with Crippen LogP contribution in [0.3, 0.4) is 0 Å². The molecular formula is C27H32N2O5. The predicted octanol–water partition coefficient (Wildman–Crippen LogP) is 4.53. The number of aliphatic hydroxyl groups is 1. The van der Waals surface area contributed by atoms with Gasteiger partial charge < -0.3 is 24.1 Å². The first kappa shape index (κ1) is 23.8. The van der Waals surface area contributed by atoms with Crippen molar-refractivity contribution in [2.45, 2.75) is 38.6 Å². The molecule has 3 heterocycles. The van der Waals surface area contributed by atoms with Gasteiger partial charge in [0.15, 0.2) is 11.5 Å². The van der Waals surface area contributed by atoms with Crippen molar-refractivity contribution in [1.29, 1.82) is 0 Å². The van der Waals surface area contributed by atoms with E-state index in [1.807, 2.05) is 31.2 Å². The van der Waals surface area contributed by atoms with Gasteiger partial charge in [-0.3, -0.25) is 9.59 Å². The molecule has 1 unspecified atom stereocenters. The Morgan fingerprint density at radius 3 is 2.59 bits per heavy atom. The minimum absolute atomic E-state index is 0.0914. The fourth-order valence-corrected chi connectivity index (χ4v) is 4.51. The minimum atomic E-state index is -0.661. The molecule has 7 heteroatoms. The van der Waals surface area contributed by atoms with Crippen LogP contribution in [-0.2, 0) is 9.59 Å². The zero-order valence-electron chi connectivity index (χ0n) is 19.6. The largest absolute Gasteiger partial charge is 0.503 e. The Balaban J connectivity index is 1.60. The van der Waals surface area contributed by atoms with Crippen LogP contribution < -0.4 is 4.74 Å². The molecule has 1 aromatic carbocycles. The summed E-state index contributed by atoms with van der Waals surface area (Å²) in [6.07, 6.45) is 8.85. The van der Waals surface area contributed by atoms with Crippen LogP contribution in [0.15, 0.2) is 64.5 Å². The van der Waals surface area contributed by atoms with Crippen LogP contribution in [0.2, 0.25) is 0 Å². The highest BCUT2D eigenvalue weighted by molar-refractivity contribution is 6.14. The molecule has 0 spiro atoms. The molecule has 0 radical (unpaired) electrons. The van der Waals surface area contributed by atoms with Crippen LogP contribution >= 0.6 is 0 Å². The van der Waals surface area contributed by atoms with Crippen LogP contribution in [0.25, 0.3) is 6.08 Å². The van der Waals surface area contributed by atoms with Crippen LogP contribution in [0.5, 0.6) is 5.75 Å². The lowest BCUT2D eigenvalue weighted by Crippen LogP contribution is -2.40. The number of allylic oxidation sites excluding steroid dienone is 1. The van der Waals surface area contributed by atoms with E-state index in [2.05, 4.69) is 4.90 Å². The average molecular weight is 465 g/mol.